The van der Waals surface area contributed by atoms with Gasteiger partial charge in [-0.3, -0.25) is 4.79 Å². The van der Waals surface area contributed by atoms with Crippen LogP contribution in [-0.4, -0.2) is 49.6 Å². The summed E-state index contributed by atoms with van der Waals surface area (Å²) in [6, 6.07) is 10.5. The van der Waals surface area contributed by atoms with Crippen LogP contribution in [0, 0.1) is 6.92 Å². The summed E-state index contributed by atoms with van der Waals surface area (Å²) in [6.07, 6.45) is 4.68. The fraction of sp³-hybridized carbons (Fsp3) is 0.261. The lowest BCUT2D eigenvalue weighted by molar-refractivity contribution is 0.0709. The molecular weight excluding hydrogens is 444 g/mol. The van der Waals surface area contributed by atoms with Gasteiger partial charge in [-0.2, -0.15) is 20.0 Å². The van der Waals surface area contributed by atoms with E-state index in [1.165, 1.54) is 4.80 Å². The number of nitrogens with zero attached hydrogens (tertiary/aromatic N) is 6. The Morgan fingerprint density at radius 3 is 2.82 bits per heavy atom. The summed E-state index contributed by atoms with van der Waals surface area (Å²) in [5, 5.41) is 13.2. The van der Waals surface area contributed by atoms with Gasteiger partial charge < -0.3 is 14.2 Å². The first-order valence-electron chi connectivity index (χ1n) is 10.5. The normalized spacial score (nSPS) is 15.7. The molecule has 0 bridgehead atoms. The van der Waals surface area contributed by atoms with Gasteiger partial charge in [0.25, 0.3) is 5.91 Å². The quantitative estimate of drug-likeness (QED) is 0.435. The standard InChI is InChI=1S/C23H21ClN6O3/c1-14-16(5-3-6-18(14)24)21-27-22(33-28-21)20-7-4-12-29(20)23(31)17-13-15(32-2)8-9-19(17)30-25-10-11-26-30/h3,5-6,8-11,13,20H,4,7,12H2,1-2H3. The van der Waals surface area contributed by atoms with Crippen molar-refractivity contribution in [3.63, 3.8) is 0 Å². The topological polar surface area (TPSA) is 99.2 Å². The number of benzene rings is 2. The van der Waals surface area contributed by atoms with Crippen LogP contribution in [0.3, 0.4) is 0 Å². The molecule has 1 saturated heterocycles. The van der Waals surface area contributed by atoms with Crippen molar-refractivity contribution in [1.82, 2.24) is 30.0 Å². The third-order valence-electron chi connectivity index (χ3n) is 5.82. The number of ether oxygens (including phenoxy) is 1. The molecule has 1 atom stereocenters. The van der Waals surface area contributed by atoms with E-state index in [0.29, 0.717) is 40.3 Å². The van der Waals surface area contributed by atoms with Gasteiger partial charge in [0, 0.05) is 17.1 Å². The number of amides is 1. The summed E-state index contributed by atoms with van der Waals surface area (Å²) in [5.74, 6) is 1.24. The summed E-state index contributed by atoms with van der Waals surface area (Å²) >= 11 is 6.25. The first-order chi connectivity index (χ1) is 16.1. The Labute approximate surface area is 194 Å². The molecule has 1 aliphatic heterocycles. The van der Waals surface area contributed by atoms with Crippen LogP contribution in [-0.2, 0) is 0 Å². The molecule has 0 N–H and O–H groups in total. The predicted octanol–water partition coefficient (Wildman–Crippen LogP) is 4.27. The number of carbonyl (C=O) groups excluding carboxylic acids is 1. The maximum Gasteiger partial charge on any atom is 0.256 e. The minimum Gasteiger partial charge on any atom is -0.497 e. The number of halogens is 1. The molecule has 1 unspecified atom stereocenters. The Kier molecular flexibility index (Phi) is 5.55. The van der Waals surface area contributed by atoms with Crippen LogP contribution in [0.25, 0.3) is 17.1 Å². The Morgan fingerprint density at radius 2 is 2.03 bits per heavy atom. The highest BCUT2D eigenvalue weighted by atomic mass is 35.5. The maximum absolute atomic E-state index is 13.7. The van der Waals surface area contributed by atoms with E-state index < -0.39 is 0 Å². The molecule has 33 heavy (non-hydrogen) atoms. The molecule has 2 aromatic heterocycles. The number of methoxy groups -OCH3 is 1. The fourth-order valence-corrected chi connectivity index (χ4v) is 4.25. The van der Waals surface area contributed by atoms with Crippen LogP contribution in [0.15, 0.2) is 53.3 Å². The van der Waals surface area contributed by atoms with Gasteiger partial charge in [0.2, 0.25) is 11.7 Å². The average molecular weight is 465 g/mol. The van der Waals surface area contributed by atoms with Crippen LogP contribution in [0.5, 0.6) is 5.75 Å². The van der Waals surface area contributed by atoms with Crippen LogP contribution in [0.1, 0.15) is 40.7 Å². The molecule has 2 aromatic carbocycles. The van der Waals surface area contributed by atoms with E-state index in [9.17, 15) is 4.79 Å². The minimum atomic E-state index is -0.331. The number of rotatable bonds is 5. The van der Waals surface area contributed by atoms with Crippen molar-refractivity contribution >= 4 is 17.5 Å². The average Bonchev–Trinajstić information content (AvgIpc) is 3.61. The van der Waals surface area contributed by atoms with E-state index in [0.717, 1.165) is 24.0 Å². The Hall–Kier alpha value is -3.72. The van der Waals surface area contributed by atoms with Crippen molar-refractivity contribution in [2.24, 2.45) is 0 Å². The molecule has 1 aliphatic rings. The highest BCUT2D eigenvalue weighted by molar-refractivity contribution is 6.31. The van der Waals surface area contributed by atoms with E-state index in [1.54, 1.807) is 42.6 Å². The van der Waals surface area contributed by atoms with Gasteiger partial charge in [0.05, 0.1) is 30.8 Å². The second kappa shape index (κ2) is 8.67. The third-order valence-corrected chi connectivity index (χ3v) is 6.23. The molecule has 1 amide bonds. The van der Waals surface area contributed by atoms with E-state index >= 15 is 0 Å². The van der Waals surface area contributed by atoms with E-state index in [-0.39, 0.29) is 11.9 Å². The zero-order valence-corrected chi connectivity index (χ0v) is 18.9. The first kappa shape index (κ1) is 21.1. The SMILES string of the molecule is COc1ccc(-n2nccn2)c(C(=O)N2CCCC2c2nc(-c3cccc(Cl)c3C)no2)c1. The van der Waals surface area contributed by atoms with Crippen LogP contribution >= 0.6 is 11.6 Å². The van der Waals surface area contributed by atoms with Crippen LogP contribution in [0.2, 0.25) is 5.02 Å². The molecule has 168 valence electrons. The number of carbonyl (C=O) groups is 1. The lowest BCUT2D eigenvalue weighted by Crippen LogP contribution is -2.31. The predicted molar refractivity (Wildman–Crippen MR) is 120 cm³/mol. The van der Waals surface area contributed by atoms with E-state index in [1.807, 2.05) is 25.1 Å². The van der Waals surface area contributed by atoms with Gasteiger partial charge in [-0.1, -0.05) is 28.9 Å². The lowest BCUT2D eigenvalue weighted by atomic mass is 10.1. The van der Waals surface area contributed by atoms with Gasteiger partial charge in [-0.05, 0) is 49.6 Å². The van der Waals surface area contributed by atoms with Crippen LogP contribution < -0.4 is 4.74 Å². The summed E-state index contributed by atoms with van der Waals surface area (Å²) in [5.41, 5.74) is 2.67. The molecule has 0 aliphatic carbocycles. The second-order valence-electron chi connectivity index (χ2n) is 7.73. The summed E-state index contributed by atoms with van der Waals surface area (Å²) in [4.78, 5) is 21.5. The second-order valence-corrected chi connectivity index (χ2v) is 8.13. The van der Waals surface area contributed by atoms with Crippen molar-refractivity contribution in [2.75, 3.05) is 13.7 Å². The molecule has 10 heteroatoms. The van der Waals surface area contributed by atoms with Crippen LogP contribution in [0.4, 0.5) is 0 Å². The number of hydrogen-bond acceptors (Lipinski definition) is 7. The zero-order valence-electron chi connectivity index (χ0n) is 18.1. The Balaban J connectivity index is 1.48. The van der Waals surface area contributed by atoms with Gasteiger partial charge in [-0.25, -0.2) is 0 Å². The van der Waals surface area contributed by atoms with Crippen molar-refractivity contribution < 1.29 is 14.1 Å². The molecule has 4 aromatic rings. The Morgan fingerprint density at radius 1 is 1.21 bits per heavy atom. The minimum absolute atomic E-state index is 0.178. The summed E-state index contributed by atoms with van der Waals surface area (Å²) in [7, 11) is 1.56. The molecule has 0 spiro atoms. The molecule has 0 saturated carbocycles. The molecule has 1 fully saturated rings. The van der Waals surface area contributed by atoms with Gasteiger partial charge in [0.1, 0.15) is 11.8 Å². The lowest BCUT2D eigenvalue weighted by Gasteiger charge is -2.23. The number of likely N-dealkylation sites (tertiary alicyclic amines) is 1. The first-order valence-corrected chi connectivity index (χ1v) is 10.9. The largest absolute Gasteiger partial charge is 0.497 e. The molecule has 3 heterocycles. The Bertz CT molecular complexity index is 1300. The van der Waals surface area contributed by atoms with E-state index in [4.69, 9.17) is 20.9 Å². The van der Waals surface area contributed by atoms with Crippen molar-refractivity contribution in [1.29, 1.82) is 0 Å². The molecular formula is C23H21ClN6O3. The zero-order chi connectivity index (χ0) is 22.9. The summed E-state index contributed by atoms with van der Waals surface area (Å²) < 4.78 is 11.0. The molecule has 5 rings (SSSR count). The van der Waals surface area contributed by atoms with Crippen molar-refractivity contribution in [3.8, 4) is 22.8 Å². The number of hydrogen-bond donors (Lipinski definition) is 0. The highest BCUT2D eigenvalue weighted by Gasteiger charge is 2.36. The van der Waals surface area contributed by atoms with Gasteiger partial charge in [0.15, 0.2) is 0 Å². The van der Waals surface area contributed by atoms with Crippen molar-refractivity contribution in [3.05, 3.63) is 70.8 Å². The highest BCUT2D eigenvalue weighted by Crippen LogP contribution is 2.35. The fourth-order valence-electron chi connectivity index (χ4n) is 4.08. The van der Waals surface area contributed by atoms with Gasteiger partial charge in [-0.15, -0.1) is 0 Å². The third kappa shape index (κ3) is 3.84. The van der Waals surface area contributed by atoms with E-state index in [2.05, 4.69) is 20.3 Å². The molecule has 9 nitrogen and oxygen atoms in total. The van der Waals surface area contributed by atoms with Gasteiger partial charge >= 0.3 is 0 Å². The monoisotopic (exact) mass is 464 g/mol. The molecule has 0 radical (unpaired) electrons. The van der Waals surface area contributed by atoms with Crippen molar-refractivity contribution in [2.45, 2.75) is 25.8 Å². The smallest absolute Gasteiger partial charge is 0.256 e. The number of aromatic nitrogens is 5. The summed E-state index contributed by atoms with van der Waals surface area (Å²) in [6.45, 7) is 2.48. The maximum atomic E-state index is 13.7.